The summed E-state index contributed by atoms with van der Waals surface area (Å²) in [5.74, 6) is -0.246. The Morgan fingerprint density at radius 2 is 1.92 bits per heavy atom. The van der Waals surface area contributed by atoms with Gasteiger partial charge in [0.2, 0.25) is 0 Å². The molecular weight excluding hydrogens is 358 g/mol. The zero-order chi connectivity index (χ0) is 17.5. The van der Waals surface area contributed by atoms with Gasteiger partial charge in [-0.25, -0.2) is 4.98 Å². The van der Waals surface area contributed by atoms with Gasteiger partial charge in [0, 0.05) is 6.42 Å². The molecule has 0 saturated carbocycles. The average molecular weight is 380 g/mol. The molecule has 0 fully saturated rings. The van der Waals surface area contributed by atoms with E-state index in [9.17, 15) is 9.59 Å². The first-order chi connectivity index (χ1) is 11.2. The molecule has 1 unspecified atom stereocenters. The predicted molar refractivity (Wildman–Crippen MR) is 102 cm³/mol. The minimum atomic E-state index is -1.17. The van der Waals surface area contributed by atoms with Gasteiger partial charge in [0.05, 0.1) is 10.6 Å². The largest absolute Gasteiger partial charge is 0.314 e. The molecule has 25 heavy (non-hydrogen) atoms. The third-order valence-electron chi connectivity index (χ3n) is 4.30. The zero-order valence-corrected chi connectivity index (χ0v) is 16.1. The number of ketones is 1. The minimum absolute atomic E-state index is 0. The van der Waals surface area contributed by atoms with Crippen LogP contribution in [0.25, 0.3) is 0 Å². The Balaban J connectivity index is 0.00000225. The SMILES string of the molecule is CC1(C)CC(=O)c2sc(NC(=O)C(C)(N)c3ccccc3)nc2C1.Cl. The number of carbonyl (C=O) groups excluding carboxylic acids is 2. The molecule has 5 nitrogen and oxygen atoms in total. The summed E-state index contributed by atoms with van der Waals surface area (Å²) in [5.41, 5.74) is 6.45. The maximum absolute atomic E-state index is 12.6. The summed E-state index contributed by atoms with van der Waals surface area (Å²) in [6.45, 7) is 5.77. The normalized spacial score (nSPS) is 17.8. The van der Waals surface area contributed by atoms with E-state index in [1.807, 2.05) is 30.3 Å². The highest BCUT2D eigenvalue weighted by Crippen LogP contribution is 2.38. The Morgan fingerprint density at radius 3 is 2.56 bits per heavy atom. The smallest absolute Gasteiger partial charge is 0.250 e. The lowest BCUT2D eigenvalue weighted by Crippen LogP contribution is -2.45. The van der Waals surface area contributed by atoms with Gasteiger partial charge >= 0.3 is 0 Å². The van der Waals surface area contributed by atoms with Gasteiger partial charge in [-0.1, -0.05) is 55.5 Å². The van der Waals surface area contributed by atoms with Crippen molar-refractivity contribution in [3.05, 3.63) is 46.5 Å². The van der Waals surface area contributed by atoms with E-state index in [0.29, 0.717) is 16.4 Å². The zero-order valence-electron chi connectivity index (χ0n) is 14.5. The van der Waals surface area contributed by atoms with Gasteiger partial charge < -0.3 is 11.1 Å². The third kappa shape index (κ3) is 3.92. The number of nitrogens with one attached hydrogen (secondary N) is 1. The van der Waals surface area contributed by atoms with Crippen molar-refractivity contribution < 1.29 is 9.59 Å². The second-order valence-electron chi connectivity index (χ2n) is 7.26. The Kier molecular flexibility index (Phi) is 5.37. The maximum Gasteiger partial charge on any atom is 0.250 e. The highest BCUT2D eigenvalue weighted by Gasteiger charge is 2.35. The molecule has 1 aromatic carbocycles. The molecule has 0 bridgehead atoms. The van der Waals surface area contributed by atoms with Crippen molar-refractivity contribution in [1.82, 2.24) is 4.98 Å². The Bertz CT molecular complexity index is 800. The number of anilines is 1. The fourth-order valence-electron chi connectivity index (χ4n) is 2.92. The van der Waals surface area contributed by atoms with E-state index in [1.165, 1.54) is 11.3 Å². The highest BCUT2D eigenvalue weighted by atomic mass is 35.5. The molecule has 7 heteroatoms. The molecule has 1 atom stereocenters. The molecule has 2 aromatic rings. The number of nitrogens with two attached hydrogens (primary N) is 1. The molecule has 1 heterocycles. The van der Waals surface area contributed by atoms with Gasteiger partial charge in [0.15, 0.2) is 10.9 Å². The molecule has 3 rings (SSSR count). The summed E-state index contributed by atoms with van der Waals surface area (Å²) in [6, 6.07) is 9.20. The molecule has 0 saturated heterocycles. The number of carbonyl (C=O) groups is 2. The number of hydrogen-bond acceptors (Lipinski definition) is 5. The van der Waals surface area contributed by atoms with E-state index < -0.39 is 5.54 Å². The lowest BCUT2D eigenvalue weighted by atomic mass is 9.78. The summed E-state index contributed by atoms with van der Waals surface area (Å²) in [6.07, 6.45) is 1.24. The molecule has 0 aliphatic heterocycles. The molecule has 0 spiro atoms. The van der Waals surface area contributed by atoms with Crippen LogP contribution in [0.3, 0.4) is 0 Å². The van der Waals surface area contributed by atoms with Gasteiger partial charge in [-0.3, -0.25) is 9.59 Å². The van der Waals surface area contributed by atoms with Crippen LogP contribution in [0.1, 0.15) is 48.1 Å². The Morgan fingerprint density at radius 1 is 1.28 bits per heavy atom. The van der Waals surface area contributed by atoms with E-state index in [1.54, 1.807) is 6.92 Å². The maximum atomic E-state index is 12.6. The Hall–Kier alpha value is -1.76. The molecule has 1 aliphatic carbocycles. The van der Waals surface area contributed by atoms with Crippen molar-refractivity contribution in [3.63, 3.8) is 0 Å². The number of hydrogen-bond donors (Lipinski definition) is 2. The molecule has 1 aromatic heterocycles. The van der Waals surface area contributed by atoms with Crippen LogP contribution >= 0.6 is 23.7 Å². The first-order valence-corrected chi connectivity index (χ1v) is 8.69. The molecule has 0 radical (unpaired) electrons. The quantitative estimate of drug-likeness (QED) is 0.854. The van der Waals surface area contributed by atoms with Crippen molar-refractivity contribution in [3.8, 4) is 0 Å². The topological polar surface area (TPSA) is 85.1 Å². The second kappa shape index (κ2) is 6.86. The van der Waals surface area contributed by atoms with Crippen molar-refractivity contribution in [1.29, 1.82) is 0 Å². The second-order valence-corrected chi connectivity index (χ2v) is 8.26. The third-order valence-corrected chi connectivity index (χ3v) is 5.36. The van der Waals surface area contributed by atoms with Crippen LogP contribution < -0.4 is 11.1 Å². The fraction of sp³-hybridized carbons (Fsp3) is 0.389. The van der Waals surface area contributed by atoms with Crippen LogP contribution in [0.2, 0.25) is 0 Å². The van der Waals surface area contributed by atoms with E-state index in [4.69, 9.17) is 5.73 Å². The summed E-state index contributed by atoms with van der Waals surface area (Å²) in [5, 5.41) is 3.21. The number of Topliss-reactive ketones (excluding diaryl/α,β-unsaturated/α-hetero) is 1. The van der Waals surface area contributed by atoms with E-state index in [-0.39, 0.29) is 29.5 Å². The van der Waals surface area contributed by atoms with Crippen LogP contribution in [-0.4, -0.2) is 16.7 Å². The predicted octanol–water partition coefficient (Wildman–Crippen LogP) is 3.53. The van der Waals surface area contributed by atoms with E-state index in [0.717, 1.165) is 17.7 Å². The lowest BCUT2D eigenvalue weighted by Gasteiger charge is -2.26. The van der Waals surface area contributed by atoms with Gasteiger partial charge in [0.25, 0.3) is 5.91 Å². The molecular formula is C18H22ClN3O2S. The summed E-state index contributed by atoms with van der Waals surface area (Å²) < 4.78 is 0. The van der Waals surface area contributed by atoms with Crippen molar-refractivity contribution in [2.75, 3.05) is 5.32 Å². The molecule has 134 valence electrons. The fourth-order valence-corrected chi connectivity index (χ4v) is 3.83. The molecule has 1 aliphatic rings. The summed E-state index contributed by atoms with van der Waals surface area (Å²) >= 11 is 1.24. The number of fused-ring (bicyclic) bond motifs is 1. The summed E-state index contributed by atoms with van der Waals surface area (Å²) in [4.78, 5) is 30.0. The number of rotatable bonds is 3. The first kappa shape index (κ1) is 19.6. The van der Waals surface area contributed by atoms with Gasteiger partial charge in [-0.2, -0.15) is 0 Å². The van der Waals surface area contributed by atoms with Gasteiger partial charge in [-0.05, 0) is 24.3 Å². The first-order valence-electron chi connectivity index (χ1n) is 7.88. The highest BCUT2D eigenvalue weighted by molar-refractivity contribution is 7.17. The van der Waals surface area contributed by atoms with Crippen LogP contribution in [0.5, 0.6) is 0 Å². The minimum Gasteiger partial charge on any atom is -0.314 e. The van der Waals surface area contributed by atoms with Crippen LogP contribution in [0, 0.1) is 5.41 Å². The van der Waals surface area contributed by atoms with Gasteiger partial charge in [0.1, 0.15) is 5.54 Å². The molecule has 1 amide bonds. The van der Waals surface area contributed by atoms with E-state index >= 15 is 0 Å². The van der Waals surface area contributed by atoms with Crippen LogP contribution in [0.4, 0.5) is 5.13 Å². The number of halogens is 1. The molecule has 3 N–H and O–H groups in total. The van der Waals surface area contributed by atoms with Crippen molar-refractivity contribution >= 4 is 40.6 Å². The summed E-state index contributed by atoms with van der Waals surface area (Å²) in [7, 11) is 0. The number of benzene rings is 1. The lowest BCUT2D eigenvalue weighted by molar-refractivity contribution is -0.120. The van der Waals surface area contributed by atoms with E-state index in [2.05, 4.69) is 24.1 Å². The Labute approximate surface area is 157 Å². The average Bonchev–Trinajstić information content (AvgIpc) is 2.89. The standard InChI is InChI=1S/C18H21N3O2S.ClH/c1-17(2)9-12-14(13(22)10-17)24-16(20-12)21-15(23)18(3,19)11-7-5-4-6-8-11;/h4-8H,9-10,19H2,1-3H3,(H,20,21,23);1H. The van der Waals surface area contributed by atoms with Gasteiger partial charge in [-0.15, -0.1) is 12.4 Å². The van der Waals surface area contributed by atoms with Crippen molar-refractivity contribution in [2.45, 2.75) is 39.2 Å². The monoisotopic (exact) mass is 379 g/mol. The number of amides is 1. The number of nitrogens with zero attached hydrogens (tertiary/aromatic N) is 1. The number of aromatic nitrogens is 1. The number of thiazole rings is 1. The van der Waals surface area contributed by atoms with Crippen LogP contribution in [0.15, 0.2) is 30.3 Å². The van der Waals surface area contributed by atoms with Crippen LogP contribution in [-0.2, 0) is 16.8 Å². The van der Waals surface area contributed by atoms with Crippen molar-refractivity contribution in [2.24, 2.45) is 11.1 Å².